The Labute approximate surface area is 196 Å². The second-order valence-corrected chi connectivity index (χ2v) is 8.24. The third kappa shape index (κ3) is 4.37. The molecule has 0 spiro atoms. The van der Waals surface area contributed by atoms with Crippen LogP contribution in [0.3, 0.4) is 0 Å². The molecule has 172 valence electrons. The molecule has 0 atom stereocenters. The molecule has 7 heteroatoms. The number of anilines is 2. The largest absolute Gasteiger partial charge is 0.449 e. The fourth-order valence-corrected chi connectivity index (χ4v) is 4.29. The summed E-state index contributed by atoms with van der Waals surface area (Å²) >= 11 is 0. The van der Waals surface area contributed by atoms with Crippen LogP contribution in [0.5, 0.6) is 0 Å². The van der Waals surface area contributed by atoms with Crippen molar-refractivity contribution >= 4 is 34.2 Å². The standard InChI is InChI=1S/C27H24FN3O3/c28-21-11-5-6-12-22(21)30-14-16-31(17-15-30)27(33)26-25(20-10-4-7-13-23(20)34-26)29-24(32)18-19-8-2-1-3-9-19/h1-13H,14-18H2,(H,29,32). The summed E-state index contributed by atoms with van der Waals surface area (Å²) in [5.74, 6) is -0.680. The number of furan rings is 1. The van der Waals surface area contributed by atoms with Gasteiger partial charge in [0.05, 0.1) is 12.1 Å². The van der Waals surface area contributed by atoms with Crippen LogP contribution in [0, 0.1) is 5.82 Å². The highest BCUT2D eigenvalue weighted by Gasteiger charge is 2.29. The van der Waals surface area contributed by atoms with E-state index >= 15 is 0 Å². The average Bonchev–Trinajstić information content (AvgIpc) is 3.23. The molecule has 5 rings (SSSR count). The number of hydrogen-bond donors (Lipinski definition) is 1. The molecule has 0 radical (unpaired) electrons. The number of benzene rings is 3. The average molecular weight is 458 g/mol. The number of carbonyl (C=O) groups is 2. The molecule has 34 heavy (non-hydrogen) atoms. The van der Waals surface area contributed by atoms with E-state index in [1.165, 1.54) is 6.07 Å². The first-order valence-corrected chi connectivity index (χ1v) is 11.2. The predicted molar refractivity (Wildman–Crippen MR) is 130 cm³/mol. The van der Waals surface area contributed by atoms with Crippen LogP contribution in [0.1, 0.15) is 16.1 Å². The highest BCUT2D eigenvalue weighted by Crippen LogP contribution is 2.32. The van der Waals surface area contributed by atoms with Gasteiger partial charge in [-0.15, -0.1) is 0 Å². The van der Waals surface area contributed by atoms with Crippen LogP contribution in [-0.4, -0.2) is 42.9 Å². The third-order valence-electron chi connectivity index (χ3n) is 6.02. The van der Waals surface area contributed by atoms with E-state index in [9.17, 15) is 14.0 Å². The summed E-state index contributed by atoms with van der Waals surface area (Å²) in [6.45, 7) is 1.84. The molecular formula is C27H24FN3O3. The molecule has 0 unspecified atom stereocenters. The fraction of sp³-hybridized carbons (Fsp3) is 0.185. The number of fused-ring (bicyclic) bond motifs is 1. The lowest BCUT2D eigenvalue weighted by Gasteiger charge is -2.35. The van der Waals surface area contributed by atoms with Crippen molar-refractivity contribution in [1.29, 1.82) is 0 Å². The molecule has 3 aromatic carbocycles. The Bertz CT molecular complexity index is 1330. The zero-order valence-corrected chi connectivity index (χ0v) is 18.5. The summed E-state index contributed by atoms with van der Waals surface area (Å²) in [5, 5.41) is 3.58. The molecule has 1 saturated heterocycles. The number of carbonyl (C=O) groups excluding carboxylic acids is 2. The van der Waals surface area contributed by atoms with Crippen molar-refractivity contribution in [3.8, 4) is 0 Å². The molecule has 0 saturated carbocycles. The van der Waals surface area contributed by atoms with Crippen molar-refractivity contribution in [2.24, 2.45) is 0 Å². The maximum absolute atomic E-state index is 14.2. The Morgan fingerprint density at radius 1 is 0.853 bits per heavy atom. The van der Waals surface area contributed by atoms with E-state index in [0.29, 0.717) is 48.5 Å². The Morgan fingerprint density at radius 2 is 1.53 bits per heavy atom. The minimum atomic E-state index is -0.292. The SMILES string of the molecule is O=C(Cc1ccccc1)Nc1c(C(=O)N2CCN(c3ccccc3F)CC2)oc2ccccc12. The Balaban J connectivity index is 1.35. The van der Waals surface area contributed by atoms with E-state index in [2.05, 4.69) is 5.32 Å². The van der Waals surface area contributed by atoms with Gasteiger partial charge in [0.25, 0.3) is 5.91 Å². The summed E-state index contributed by atoms with van der Waals surface area (Å²) in [6, 6.07) is 23.3. The smallest absolute Gasteiger partial charge is 0.291 e. The van der Waals surface area contributed by atoms with E-state index in [4.69, 9.17) is 4.42 Å². The Hall–Kier alpha value is -4.13. The van der Waals surface area contributed by atoms with E-state index in [0.717, 1.165) is 5.56 Å². The molecule has 2 amide bonds. The number of para-hydroxylation sites is 2. The molecule has 1 fully saturated rings. The van der Waals surface area contributed by atoms with Crippen molar-refractivity contribution in [2.45, 2.75) is 6.42 Å². The number of nitrogens with one attached hydrogen (secondary N) is 1. The van der Waals surface area contributed by atoms with Crippen LogP contribution in [-0.2, 0) is 11.2 Å². The molecule has 2 heterocycles. The molecule has 1 N–H and O–H groups in total. The summed E-state index contributed by atoms with van der Waals surface area (Å²) in [4.78, 5) is 29.8. The minimum Gasteiger partial charge on any atom is -0.449 e. The van der Waals surface area contributed by atoms with Gasteiger partial charge in [-0.1, -0.05) is 54.6 Å². The topological polar surface area (TPSA) is 65.8 Å². The summed E-state index contributed by atoms with van der Waals surface area (Å²) < 4.78 is 20.1. The first-order valence-electron chi connectivity index (χ1n) is 11.2. The number of nitrogens with zero attached hydrogens (tertiary/aromatic N) is 2. The molecule has 1 aromatic heterocycles. The van der Waals surface area contributed by atoms with Gasteiger partial charge in [-0.05, 0) is 29.8 Å². The Morgan fingerprint density at radius 3 is 2.29 bits per heavy atom. The van der Waals surface area contributed by atoms with Gasteiger partial charge in [-0.25, -0.2) is 4.39 Å². The van der Waals surface area contributed by atoms with Gasteiger partial charge in [0, 0.05) is 31.6 Å². The lowest BCUT2D eigenvalue weighted by atomic mass is 10.1. The normalized spacial score (nSPS) is 13.8. The molecule has 0 aliphatic carbocycles. The molecule has 0 bridgehead atoms. The van der Waals surface area contributed by atoms with Crippen molar-refractivity contribution in [2.75, 3.05) is 36.4 Å². The quantitative estimate of drug-likeness (QED) is 0.471. The van der Waals surface area contributed by atoms with E-state index in [-0.39, 0.29) is 29.8 Å². The molecule has 6 nitrogen and oxygen atoms in total. The number of hydrogen-bond acceptors (Lipinski definition) is 4. The second-order valence-electron chi connectivity index (χ2n) is 8.24. The molecule has 1 aliphatic heterocycles. The van der Waals surface area contributed by atoms with Crippen molar-refractivity contribution in [3.05, 3.63) is 96.0 Å². The van der Waals surface area contributed by atoms with E-state index < -0.39 is 0 Å². The summed E-state index contributed by atoms with van der Waals surface area (Å²) in [5.41, 5.74) is 2.33. The van der Waals surface area contributed by atoms with Gasteiger partial charge in [0.15, 0.2) is 0 Å². The van der Waals surface area contributed by atoms with Crippen molar-refractivity contribution in [3.63, 3.8) is 0 Å². The maximum Gasteiger partial charge on any atom is 0.291 e. The zero-order valence-electron chi connectivity index (χ0n) is 18.5. The minimum absolute atomic E-state index is 0.113. The van der Waals surface area contributed by atoms with Gasteiger partial charge < -0.3 is 19.5 Å². The number of piperazine rings is 1. The zero-order chi connectivity index (χ0) is 23.5. The van der Waals surface area contributed by atoms with Gasteiger partial charge in [0.1, 0.15) is 17.1 Å². The third-order valence-corrected chi connectivity index (χ3v) is 6.02. The second kappa shape index (κ2) is 9.39. The summed E-state index contributed by atoms with van der Waals surface area (Å²) in [6.07, 6.45) is 0.190. The van der Waals surface area contributed by atoms with Gasteiger partial charge in [-0.2, -0.15) is 0 Å². The predicted octanol–water partition coefficient (Wildman–Crippen LogP) is 4.72. The monoisotopic (exact) mass is 457 g/mol. The lowest BCUT2D eigenvalue weighted by molar-refractivity contribution is -0.115. The molecular weight excluding hydrogens is 433 g/mol. The number of amides is 2. The number of rotatable bonds is 5. The first-order chi connectivity index (χ1) is 16.6. The van der Waals surface area contributed by atoms with Crippen LogP contribution in [0.25, 0.3) is 11.0 Å². The summed E-state index contributed by atoms with van der Waals surface area (Å²) in [7, 11) is 0. The number of halogens is 1. The van der Waals surface area contributed by atoms with Crippen LogP contribution >= 0.6 is 0 Å². The van der Waals surface area contributed by atoms with Gasteiger partial charge in [-0.3, -0.25) is 9.59 Å². The van der Waals surface area contributed by atoms with Gasteiger partial charge >= 0.3 is 0 Å². The first kappa shape index (κ1) is 21.7. The highest BCUT2D eigenvalue weighted by molar-refractivity contribution is 6.11. The molecule has 1 aliphatic rings. The molecule has 4 aromatic rings. The van der Waals surface area contributed by atoms with Crippen LogP contribution in [0.15, 0.2) is 83.3 Å². The van der Waals surface area contributed by atoms with Crippen LogP contribution in [0.4, 0.5) is 15.8 Å². The van der Waals surface area contributed by atoms with Crippen molar-refractivity contribution in [1.82, 2.24) is 4.90 Å². The highest BCUT2D eigenvalue weighted by atomic mass is 19.1. The van der Waals surface area contributed by atoms with E-state index in [1.807, 2.05) is 53.4 Å². The Kier molecular flexibility index (Phi) is 5.99. The lowest BCUT2D eigenvalue weighted by Crippen LogP contribution is -2.49. The van der Waals surface area contributed by atoms with Crippen LogP contribution in [0.2, 0.25) is 0 Å². The van der Waals surface area contributed by atoms with Crippen LogP contribution < -0.4 is 10.2 Å². The van der Waals surface area contributed by atoms with E-state index in [1.54, 1.807) is 29.2 Å². The fourth-order valence-electron chi connectivity index (χ4n) is 4.29. The maximum atomic E-state index is 14.2. The van der Waals surface area contributed by atoms with Gasteiger partial charge in [0.2, 0.25) is 11.7 Å². The van der Waals surface area contributed by atoms with Crippen molar-refractivity contribution < 1.29 is 18.4 Å².